The molecule has 2 aliphatic rings. The Labute approximate surface area is 127 Å². The summed E-state index contributed by atoms with van der Waals surface area (Å²) in [5, 5.41) is 0. The summed E-state index contributed by atoms with van der Waals surface area (Å²) in [4.78, 5) is 6.86. The van der Waals surface area contributed by atoms with Gasteiger partial charge in [0.1, 0.15) is 5.75 Å². The molecule has 3 unspecified atom stereocenters. The van der Waals surface area contributed by atoms with E-state index in [1.165, 1.54) is 12.8 Å². The van der Waals surface area contributed by atoms with Crippen LogP contribution in [0.2, 0.25) is 0 Å². The van der Waals surface area contributed by atoms with Crippen molar-refractivity contribution in [1.29, 1.82) is 0 Å². The summed E-state index contributed by atoms with van der Waals surface area (Å²) in [6.45, 7) is 5.52. The predicted molar refractivity (Wildman–Crippen MR) is 86.9 cm³/mol. The largest absolute Gasteiger partial charge is 0.497 e. The second-order valence-corrected chi connectivity index (χ2v) is 6.47. The summed E-state index contributed by atoms with van der Waals surface area (Å²) in [6.07, 6.45) is 3.72. The minimum atomic E-state index is 0.0519. The fourth-order valence-electron chi connectivity index (χ4n) is 3.98. The smallest absolute Gasteiger partial charge is 0.196 e. The minimum Gasteiger partial charge on any atom is -0.497 e. The lowest BCUT2D eigenvalue weighted by atomic mass is 9.67. The molecule has 114 valence electrons. The van der Waals surface area contributed by atoms with Gasteiger partial charge in [-0.15, -0.1) is 0 Å². The van der Waals surface area contributed by atoms with E-state index in [0.717, 1.165) is 24.4 Å². The highest BCUT2D eigenvalue weighted by atomic mass is 16.5. The van der Waals surface area contributed by atoms with Gasteiger partial charge in [-0.3, -0.25) is 4.99 Å². The number of ether oxygens (including phenoxy) is 1. The van der Waals surface area contributed by atoms with E-state index in [4.69, 9.17) is 10.5 Å². The Morgan fingerprint density at radius 3 is 2.67 bits per heavy atom. The molecule has 3 rings (SSSR count). The molecule has 0 amide bonds. The quantitative estimate of drug-likeness (QED) is 0.909. The fourth-order valence-corrected chi connectivity index (χ4v) is 3.98. The summed E-state index contributed by atoms with van der Waals surface area (Å²) < 4.78 is 5.25. The number of rotatable bonds is 2. The van der Waals surface area contributed by atoms with E-state index in [1.807, 2.05) is 12.1 Å². The normalized spacial score (nSPS) is 32.3. The van der Waals surface area contributed by atoms with Gasteiger partial charge in [-0.1, -0.05) is 26.7 Å². The number of nitrogens with two attached hydrogens (primary N) is 1. The van der Waals surface area contributed by atoms with Crippen molar-refractivity contribution in [3.8, 4) is 5.75 Å². The van der Waals surface area contributed by atoms with Gasteiger partial charge in [0.15, 0.2) is 5.96 Å². The Bertz CT molecular complexity index is 539. The Morgan fingerprint density at radius 1 is 1.29 bits per heavy atom. The minimum absolute atomic E-state index is 0.0519. The third-order valence-electron chi connectivity index (χ3n) is 5.49. The highest BCUT2D eigenvalue weighted by molar-refractivity contribution is 5.98. The van der Waals surface area contributed by atoms with Crippen LogP contribution in [0.4, 0.5) is 5.69 Å². The van der Waals surface area contributed by atoms with Crippen LogP contribution in [-0.4, -0.2) is 25.2 Å². The molecule has 1 heterocycles. The number of methoxy groups -OCH3 is 1. The fraction of sp³-hybridized carbons (Fsp3) is 0.588. The molecule has 4 nitrogen and oxygen atoms in total. The zero-order chi connectivity index (χ0) is 15.0. The Kier molecular flexibility index (Phi) is 3.56. The maximum Gasteiger partial charge on any atom is 0.196 e. The van der Waals surface area contributed by atoms with Gasteiger partial charge in [-0.25, -0.2) is 0 Å². The molecule has 3 atom stereocenters. The van der Waals surface area contributed by atoms with E-state index in [1.54, 1.807) is 7.11 Å². The van der Waals surface area contributed by atoms with Crippen LogP contribution < -0.4 is 15.4 Å². The molecule has 21 heavy (non-hydrogen) atoms. The zero-order valence-corrected chi connectivity index (χ0v) is 13.2. The molecular formula is C17H25N3O. The van der Waals surface area contributed by atoms with E-state index in [0.29, 0.717) is 17.8 Å². The van der Waals surface area contributed by atoms with Crippen molar-refractivity contribution >= 4 is 11.6 Å². The van der Waals surface area contributed by atoms with Gasteiger partial charge < -0.3 is 15.4 Å². The van der Waals surface area contributed by atoms with E-state index < -0.39 is 0 Å². The van der Waals surface area contributed by atoms with Crippen molar-refractivity contribution in [2.45, 2.75) is 38.6 Å². The molecule has 4 heteroatoms. The van der Waals surface area contributed by atoms with E-state index >= 15 is 0 Å². The number of aliphatic imine (C=N–C) groups is 1. The number of nitrogens with zero attached hydrogens (tertiary/aromatic N) is 2. The van der Waals surface area contributed by atoms with E-state index in [-0.39, 0.29) is 5.54 Å². The van der Waals surface area contributed by atoms with Crippen LogP contribution in [0.5, 0.6) is 5.75 Å². The Hall–Kier alpha value is -1.71. The highest BCUT2D eigenvalue weighted by Crippen LogP contribution is 2.45. The molecule has 1 saturated carbocycles. The first-order valence-electron chi connectivity index (χ1n) is 7.83. The van der Waals surface area contributed by atoms with Crippen LogP contribution in [0, 0.1) is 11.8 Å². The van der Waals surface area contributed by atoms with Gasteiger partial charge in [0, 0.05) is 5.69 Å². The van der Waals surface area contributed by atoms with Crippen LogP contribution in [0.1, 0.15) is 33.1 Å². The van der Waals surface area contributed by atoms with Crippen molar-refractivity contribution in [2.75, 3.05) is 18.6 Å². The molecule has 0 saturated heterocycles. The monoisotopic (exact) mass is 287 g/mol. The molecule has 1 aliphatic heterocycles. The van der Waals surface area contributed by atoms with Crippen molar-refractivity contribution < 1.29 is 4.74 Å². The third kappa shape index (κ3) is 2.17. The van der Waals surface area contributed by atoms with E-state index in [9.17, 15) is 0 Å². The van der Waals surface area contributed by atoms with Gasteiger partial charge in [0.2, 0.25) is 0 Å². The third-order valence-corrected chi connectivity index (χ3v) is 5.49. The van der Waals surface area contributed by atoms with Crippen molar-refractivity contribution in [3.05, 3.63) is 24.3 Å². The van der Waals surface area contributed by atoms with Crippen LogP contribution in [-0.2, 0) is 0 Å². The maximum atomic E-state index is 6.24. The maximum absolute atomic E-state index is 6.24. The lowest BCUT2D eigenvalue weighted by molar-refractivity contribution is 0.159. The summed E-state index contributed by atoms with van der Waals surface area (Å²) in [7, 11) is 1.69. The number of hydrogen-bond acceptors (Lipinski definition) is 4. The van der Waals surface area contributed by atoms with Gasteiger partial charge in [-0.05, 0) is 42.5 Å². The van der Waals surface area contributed by atoms with Gasteiger partial charge in [-0.2, -0.15) is 0 Å². The van der Waals surface area contributed by atoms with Crippen LogP contribution in [0.15, 0.2) is 29.3 Å². The second kappa shape index (κ2) is 5.24. The van der Waals surface area contributed by atoms with Gasteiger partial charge >= 0.3 is 0 Å². The lowest BCUT2D eigenvalue weighted by Crippen LogP contribution is -2.58. The standard InChI is InChI=1S/C17H25N3O/c1-12-5-4-10-17(13(12)2)11-19-16(18)20(17)14-6-8-15(21-3)9-7-14/h6-9,12-13H,4-5,10-11H2,1-3H3,(H2,18,19). The SMILES string of the molecule is COc1ccc(N2C(N)=NCC23CCCC(C)C3C)cc1. The molecule has 1 fully saturated rings. The van der Waals surface area contributed by atoms with Crippen molar-refractivity contribution in [3.63, 3.8) is 0 Å². The molecule has 0 aromatic heterocycles. The zero-order valence-electron chi connectivity index (χ0n) is 13.2. The Morgan fingerprint density at radius 2 is 2.00 bits per heavy atom. The summed E-state index contributed by atoms with van der Waals surface area (Å²) in [5.41, 5.74) is 7.41. The summed E-state index contributed by atoms with van der Waals surface area (Å²) >= 11 is 0. The number of anilines is 1. The first-order chi connectivity index (χ1) is 10.1. The molecule has 1 aliphatic carbocycles. The lowest BCUT2D eigenvalue weighted by Gasteiger charge is -2.49. The number of guanidine groups is 1. The van der Waals surface area contributed by atoms with Gasteiger partial charge in [0.05, 0.1) is 19.2 Å². The number of hydrogen-bond donors (Lipinski definition) is 1. The summed E-state index contributed by atoms with van der Waals surface area (Å²) in [5.74, 6) is 2.81. The first kappa shape index (κ1) is 14.2. The number of benzene rings is 1. The average molecular weight is 287 g/mol. The molecule has 2 N–H and O–H groups in total. The van der Waals surface area contributed by atoms with Crippen LogP contribution >= 0.6 is 0 Å². The highest BCUT2D eigenvalue weighted by Gasteiger charge is 2.50. The van der Waals surface area contributed by atoms with Crippen molar-refractivity contribution in [2.24, 2.45) is 22.6 Å². The molecule has 0 radical (unpaired) electrons. The predicted octanol–water partition coefficient (Wildman–Crippen LogP) is 3.02. The molecule has 1 spiro atoms. The topological polar surface area (TPSA) is 50.9 Å². The average Bonchev–Trinajstić information content (AvgIpc) is 2.83. The summed E-state index contributed by atoms with van der Waals surface area (Å²) in [6, 6.07) is 8.15. The molecule has 0 bridgehead atoms. The molecular weight excluding hydrogens is 262 g/mol. The first-order valence-corrected chi connectivity index (χ1v) is 7.83. The molecule has 1 aromatic rings. The molecule has 1 aromatic carbocycles. The van der Waals surface area contributed by atoms with Crippen LogP contribution in [0.3, 0.4) is 0 Å². The van der Waals surface area contributed by atoms with Gasteiger partial charge in [0.25, 0.3) is 0 Å². The van der Waals surface area contributed by atoms with Crippen molar-refractivity contribution in [1.82, 2.24) is 0 Å². The van der Waals surface area contributed by atoms with Crippen LogP contribution in [0.25, 0.3) is 0 Å². The van der Waals surface area contributed by atoms with E-state index in [2.05, 4.69) is 35.9 Å². The Balaban J connectivity index is 1.98. The second-order valence-electron chi connectivity index (χ2n) is 6.47.